The van der Waals surface area contributed by atoms with E-state index in [2.05, 4.69) is 10.1 Å². The Morgan fingerprint density at radius 2 is 1.81 bits per heavy atom. The van der Waals surface area contributed by atoms with Gasteiger partial charge in [0.25, 0.3) is 12.4 Å². The third-order valence-corrected chi connectivity index (χ3v) is 4.58. The summed E-state index contributed by atoms with van der Waals surface area (Å²) in [5, 5.41) is 11.9. The summed E-state index contributed by atoms with van der Waals surface area (Å²) in [7, 11) is 0. The van der Waals surface area contributed by atoms with Crippen molar-refractivity contribution < 1.29 is 23.6 Å². The third kappa shape index (κ3) is 4.73. The number of carbonyl (C=O) groups excluding carboxylic acids is 1. The van der Waals surface area contributed by atoms with E-state index in [1.807, 2.05) is 48.5 Å². The first-order chi connectivity index (χ1) is 15.0. The predicted octanol–water partition coefficient (Wildman–Crippen LogP) is 3.07. The summed E-state index contributed by atoms with van der Waals surface area (Å²) in [6, 6.07) is 16.9. The molecular weight excluding hydrogens is 403 g/mol. The smallest absolute Gasteiger partial charge is 0.290 e. The van der Waals surface area contributed by atoms with Crippen LogP contribution in [-0.2, 0) is 11.2 Å². The maximum atomic E-state index is 14.2. The molecule has 2 aromatic heterocycles. The van der Waals surface area contributed by atoms with Crippen molar-refractivity contribution in [1.82, 2.24) is 10.1 Å². The molecule has 4 rings (SSSR count). The standard InChI is InChI=1S/C21H17FN4O2.CH2O2/c22-15-9-10-17(21(24)27)25-18(15)11-16(23)12-5-1-2-6-13(12)20-14-7-3-4-8-19(14)28-26-20;2-1-3/h1-10,16H,11,23H2,(H2,24,27);1H,(H,2,3). The second-order valence-corrected chi connectivity index (χ2v) is 6.52. The number of rotatable bonds is 5. The molecule has 0 aliphatic carbocycles. The summed E-state index contributed by atoms with van der Waals surface area (Å²) in [5.74, 6) is -1.26. The SMILES string of the molecule is NC(=O)c1ccc(F)c(CC(N)c2ccccc2-c2noc3ccccc23)n1.O=CO. The predicted molar refractivity (Wildman–Crippen MR) is 111 cm³/mol. The van der Waals surface area contributed by atoms with Crippen molar-refractivity contribution in [3.05, 3.63) is 83.4 Å². The van der Waals surface area contributed by atoms with E-state index >= 15 is 0 Å². The number of halogens is 1. The van der Waals surface area contributed by atoms with E-state index in [-0.39, 0.29) is 24.3 Å². The number of carboxylic acid groups (broad SMARTS) is 1. The van der Waals surface area contributed by atoms with Crippen LogP contribution in [0.4, 0.5) is 4.39 Å². The Labute approximate surface area is 176 Å². The number of hydrogen-bond acceptors (Lipinski definition) is 6. The minimum Gasteiger partial charge on any atom is -0.483 e. The van der Waals surface area contributed by atoms with E-state index in [9.17, 15) is 9.18 Å². The highest BCUT2D eigenvalue weighted by Crippen LogP contribution is 2.33. The second-order valence-electron chi connectivity index (χ2n) is 6.52. The topological polar surface area (TPSA) is 145 Å². The molecule has 1 atom stereocenters. The van der Waals surface area contributed by atoms with Crippen molar-refractivity contribution >= 4 is 23.3 Å². The van der Waals surface area contributed by atoms with Crippen molar-refractivity contribution in [3.63, 3.8) is 0 Å². The van der Waals surface area contributed by atoms with Crippen molar-refractivity contribution in [2.24, 2.45) is 11.5 Å². The van der Waals surface area contributed by atoms with E-state index in [1.54, 1.807) is 0 Å². The van der Waals surface area contributed by atoms with Crippen LogP contribution in [0.1, 0.15) is 27.8 Å². The summed E-state index contributed by atoms with van der Waals surface area (Å²) in [6.45, 7) is -0.250. The van der Waals surface area contributed by atoms with Crippen LogP contribution >= 0.6 is 0 Å². The van der Waals surface area contributed by atoms with E-state index in [1.165, 1.54) is 12.1 Å². The Morgan fingerprint density at radius 3 is 2.55 bits per heavy atom. The van der Waals surface area contributed by atoms with Gasteiger partial charge in [-0.15, -0.1) is 0 Å². The number of nitrogens with two attached hydrogens (primary N) is 2. The highest BCUT2D eigenvalue weighted by molar-refractivity contribution is 5.92. The Morgan fingerprint density at radius 1 is 1.13 bits per heavy atom. The monoisotopic (exact) mass is 422 g/mol. The zero-order valence-corrected chi connectivity index (χ0v) is 16.2. The molecule has 9 heteroatoms. The molecule has 0 spiro atoms. The van der Waals surface area contributed by atoms with E-state index in [0.717, 1.165) is 16.5 Å². The maximum Gasteiger partial charge on any atom is 0.290 e. The summed E-state index contributed by atoms with van der Waals surface area (Å²) in [6.07, 6.45) is 0.0970. The molecule has 1 unspecified atom stereocenters. The number of fused-ring (bicyclic) bond motifs is 1. The molecule has 1 amide bonds. The third-order valence-electron chi connectivity index (χ3n) is 4.58. The van der Waals surface area contributed by atoms with E-state index in [0.29, 0.717) is 11.3 Å². The summed E-state index contributed by atoms with van der Waals surface area (Å²) in [4.78, 5) is 23.7. The van der Waals surface area contributed by atoms with E-state index in [4.69, 9.17) is 25.9 Å². The first-order valence-electron chi connectivity index (χ1n) is 9.18. The van der Waals surface area contributed by atoms with Crippen LogP contribution in [0.15, 0.2) is 65.2 Å². The maximum absolute atomic E-state index is 14.2. The molecule has 4 aromatic rings. The van der Waals surface area contributed by atoms with Gasteiger partial charge in [-0.05, 0) is 29.8 Å². The fourth-order valence-electron chi connectivity index (χ4n) is 3.20. The highest BCUT2D eigenvalue weighted by atomic mass is 19.1. The van der Waals surface area contributed by atoms with Gasteiger partial charge in [-0.25, -0.2) is 9.37 Å². The van der Waals surface area contributed by atoms with Gasteiger partial charge in [0.2, 0.25) is 0 Å². The number of hydrogen-bond donors (Lipinski definition) is 3. The van der Waals surface area contributed by atoms with Gasteiger partial charge in [0.1, 0.15) is 17.2 Å². The molecule has 0 fully saturated rings. The summed E-state index contributed by atoms with van der Waals surface area (Å²) < 4.78 is 19.6. The quantitative estimate of drug-likeness (QED) is 0.419. The molecule has 31 heavy (non-hydrogen) atoms. The molecule has 0 aliphatic heterocycles. The Bertz CT molecular complexity index is 1230. The average molecular weight is 422 g/mol. The number of aromatic nitrogens is 2. The van der Waals surface area contributed by atoms with Crippen LogP contribution in [0.3, 0.4) is 0 Å². The molecule has 0 aliphatic rings. The first-order valence-corrected chi connectivity index (χ1v) is 9.18. The van der Waals surface area contributed by atoms with Crippen LogP contribution in [0.5, 0.6) is 0 Å². The Kier molecular flexibility index (Phi) is 6.68. The molecule has 158 valence electrons. The minimum atomic E-state index is -0.718. The molecule has 0 radical (unpaired) electrons. The van der Waals surface area contributed by atoms with E-state index < -0.39 is 17.8 Å². The molecule has 5 N–H and O–H groups in total. The lowest BCUT2D eigenvalue weighted by Crippen LogP contribution is -2.19. The number of amides is 1. The molecule has 2 aromatic carbocycles. The largest absolute Gasteiger partial charge is 0.483 e. The molecular formula is C22H19FN4O4. The summed E-state index contributed by atoms with van der Waals surface area (Å²) >= 11 is 0. The van der Waals surface area contributed by atoms with Crippen molar-refractivity contribution in [2.45, 2.75) is 12.5 Å². The minimum absolute atomic E-state index is 0.000574. The Hall–Kier alpha value is -4.11. The second kappa shape index (κ2) is 9.59. The number of primary amides is 1. The highest BCUT2D eigenvalue weighted by Gasteiger charge is 2.20. The molecule has 0 bridgehead atoms. The number of benzene rings is 2. The number of nitrogens with zero attached hydrogens (tertiary/aromatic N) is 2. The lowest BCUT2D eigenvalue weighted by atomic mass is 9.94. The zero-order chi connectivity index (χ0) is 22.4. The van der Waals surface area contributed by atoms with Crippen LogP contribution < -0.4 is 11.5 Å². The van der Waals surface area contributed by atoms with Gasteiger partial charge in [-0.3, -0.25) is 9.59 Å². The summed E-state index contributed by atoms with van der Waals surface area (Å²) in [5.41, 5.74) is 14.6. The molecule has 0 saturated carbocycles. The Balaban J connectivity index is 0.000000858. The first kappa shape index (κ1) is 21.6. The van der Waals surface area contributed by atoms with Gasteiger partial charge in [-0.2, -0.15) is 0 Å². The fraction of sp³-hybridized carbons (Fsp3) is 0.0909. The van der Waals surface area contributed by atoms with Gasteiger partial charge in [-0.1, -0.05) is 41.6 Å². The number of carbonyl (C=O) groups is 2. The molecule has 8 nitrogen and oxygen atoms in total. The molecule has 2 heterocycles. The number of pyridine rings is 1. The van der Waals surface area contributed by atoms with Gasteiger partial charge >= 0.3 is 0 Å². The normalized spacial score (nSPS) is 11.4. The van der Waals surface area contributed by atoms with Crippen LogP contribution in [0.25, 0.3) is 22.2 Å². The van der Waals surface area contributed by atoms with Gasteiger partial charge in [0.05, 0.1) is 5.69 Å². The molecule has 0 saturated heterocycles. The average Bonchev–Trinajstić information content (AvgIpc) is 3.19. The van der Waals surface area contributed by atoms with Crippen LogP contribution in [0, 0.1) is 5.82 Å². The van der Waals surface area contributed by atoms with Gasteiger partial charge in [0.15, 0.2) is 5.58 Å². The van der Waals surface area contributed by atoms with Crippen molar-refractivity contribution in [1.29, 1.82) is 0 Å². The lowest BCUT2D eigenvalue weighted by Gasteiger charge is -2.16. The number of para-hydroxylation sites is 1. The van der Waals surface area contributed by atoms with Gasteiger partial charge < -0.3 is 21.1 Å². The fourth-order valence-corrected chi connectivity index (χ4v) is 3.20. The van der Waals surface area contributed by atoms with Crippen molar-refractivity contribution in [3.8, 4) is 11.3 Å². The van der Waals surface area contributed by atoms with Gasteiger partial charge in [0, 0.05) is 23.4 Å². The zero-order valence-electron chi connectivity index (χ0n) is 16.2. The van der Waals surface area contributed by atoms with Crippen LogP contribution in [-0.4, -0.2) is 27.6 Å². The van der Waals surface area contributed by atoms with Crippen molar-refractivity contribution in [2.75, 3.05) is 0 Å². The lowest BCUT2D eigenvalue weighted by molar-refractivity contribution is -0.122. The van der Waals surface area contributed by atoms with Crippen LogP contribution in [0.2, 0.25) is 0 Å².